The average molecular weight is 288 g/mol. The molecule has 1 aliphatic rings. The fourth-order valence-electron chi connectivity index (χ4n) is 2.46. The number of anilines is 1. The highest BCUT2D eigenvalue weighted by atomic mass is 16.2. The highest BCUT2D eigenvalue weighted by Gasteiger charge is 2.33. The maximum atomic E-state index is 12.2. The Bertz CT molecular complexity index is 508. The number of nitrogens with zero attached hydrogens (tertiary/aromatic N) is 1. The molecule has 2 amide bonds. The van der Waals surface area contributed by atoms with Crippen LogP contribution in [0.15, 0.2) is 24.3 Å². The van der Waals surface area contributed by atoms with E-state index in [0.29, 0.717) is 18.9 Å². The molecule has 4 heteroatoms. The molecule has 1 atom stereocenters. The fourth-order valence-corrected chi connectivity index (χ4v) is 2.46. The SMILES string of the molecule is Cc1ccc(NC(=O)C2CC(=O)N(CCC(C)C)C2)cc1. The third-order valence-corrected chi connectivity index (χ3v) is 3.88. The van der Waals surface area contributed by atoms with Crippen molar-refractivity contribution in [2.45, 2.75) is 33.6 Å². The molecule has 21 heavy (non-hydrogen) atoms. The highest BCUT2D eigenvalue weighted by Crippen LogP contribution is 2.21. The van der Waals surface area contributed by atoms with Crippen LogP contribution in [0, 0.1) is 18.8 Å². The van der Waals surface area contributed by atoms with Gasteiger partial charge in [0, 0.05) is 25.2 Å². The Kier molecular flexibility index (Phi) is 4.99. The molecule has 0 saturated carbocycles. The van der Waals surface area contributed by atoms with Gasteiger partial charge in [0.25, 0.3) is 0 Å². The second-order valence-electron chi connectivity index (χ2n) is 6.28. The molecule has 0 aromatic heterocycles. The maximum Gasteiger partial charge on any atom is 0.229 e. The van der Waals surface area contributed by atoms with Crippen molar-refractivity contribution in [3.05, 3.63) is 29.8 Å². The van der Waals surface area contributed by atoms with Crippen LogP contribution in [0.4, 0.5) is 5.69 Å². The number of nitrogens with one attached hydrogen (secondary N) is 1. The van der Waals surface area contributed by atoms with Gasteiger partial charge in [-0.25, -0.2) is 0 Å². The zero-order valence-corrected chi connectivity index (χ0v) is 13.1. The van der Waals surface area contributed by atoms with E-state index in [0.717, 1.165) is 24.2 Å². The fraction of sp³-hybridized carbons (Fsp3) is 0.529. The second-order valence-corrected chi connectivity index (χ2v) is 6.28. The smallest absolute Gasteiger partial charge is 0.229 e. The van der Waals surface area contributed by atoms with Crippen LogP contribution in [-0.2, 0) is 9.59 Å². The van der Waals surface area contributed by atoms with Gasteiger partial charge in [-0.15, -0.1) is 0 Å². The van der Waals surface area contributed by atoms with Crippen molar-refractivity contribution >= 4 is 17.5 Å². The third kappa shape index (κ3) is 4.31. The lowest BCUT2D eigenvalue weighted by molar-refractivity contribution is -0.128. The largest absolute Gasteiger partial charge is 0.342 e. The number of aryl methyl sites for hydroxylation is 1. The number of benzene rings is 1. The Morgan fingerprint density at radius 2 is 2.00 bits per heavy atom. The van der Waals surface area contributed by atoms with Gasteiger partial charge in [-0.1, -0.05) is 31.5 Å². The highest BCUT2D eigenvalue weighted by molar-refractivity contribution is 5.97. The quantitative estimate of drug-likeness (QED) is 0.905. The van der Waals surface area contributed by atoms with Gasteiger partial charge in [0.1, 0.15) is 0 Å². The molecule has 1 unspecified atom stereocenters. The van der Waals surface area contributed by atoms with Gasteiger partial charge < -0.3 is 10.2 Å². The maximum absolute atomic E-state index is 12.2. The topological polar surface area (TPSA) is 49.4 Å². The normalized spacial score (nSPS) is 18.4. The van der Waals surface area contributed by atoms with Gasteiger partial charge in [-0.2, -0.15) is 0 Å². The number of rotatable bonds is 5. The first-order valence-electron chi connectivity index (χ1n) is 7.61. The van der Waals surface area contributed by atoms with Crippen molar-refractivity contribution < 1.29 is 9.59 Å². The molecule has 2 rings (SSSR count). The third-order valence-electron chi connectivity index (χ3n) is 3.88. The predicted octanol–water partition coefficient (Wildman–Crippen LogP) is 2.83. The molecule has 114 valence electrons. The summed E-state index contributed by atoms with van der Waals surface area (Å²) in [6.07, 6.45) is 1.31. The summed E-state index contributed by atoms with van der Waals surface area (Å²) in [6.45, 7) is 7.59. The van der Waals surface area contributed by atoms with E-state index >= 15 is 0 Å². The molecule has 0 spiro atoms. The number of hydrogen-bond donors (Lipinski definition) is 1. The summed E-state index contributed by atoms with van der Waals surface area (Å²) >= 11 is 0. The van der Waals surface area contributed by atoms with E-state index < -0.39 is 0 Å². The van der Waals surface area contributed by atoms with Gasteiger partial charge in [0.2, 0.25) is 11.8 Å². The van der Waals surface area contributed by atoms with Crippen LogP contribution >= 0.6 is 0 Å². The van der Waals surface area contributed by atoms with Crippen molar-refractivity contribution in [2.75, 3.05) is 18.4 Å². The molecule has 4 nitrogen and oxygen atoms in total. The number of hydrogen-bond acceptors (Lipinski definition) is 2. The molecule has 1 N–H and O–H groups in total. The van der Waals surface area contributed by atoms with Crippen molar-refractivity contribution in [1.29, 1.82) is 0 Å². The lowest BCUT2D eigenvalue weighted by Gasteiger charge is -2.17. The van der Waals surface area contributed by atoms with E-state index in [4.69, 9.17) is 0 Å². The van der Waals surface area contributed by atoms with Crippen LogP contribution < -0.4 is 5.32 Å². The summed E-state index contributed by atoms with van der Waals surface area (Å²) in [5.41, 5.74) is 1.95. The van der Waals surface area contributed by atoms with Crippen molar-refractivity contribution in [1.82, 2.24) is 4.90 Å². The minimum atomic E-state index is -0.231. The van der Waals surface area contributed by atoms with Gasteiger partial charge in [-0.3, -0.25) is 9.59 Å². The van der Waals surface area contributed by atoms with Gasteiger partial charge in [0.05, 0.1) is 5.92 Å². The molecule has 1 saturated heterocycles. The second kappa shape index (κ2) is 6.74. The number of amides is 2. The Hall–Kier alpha value is -1.84. The zero-order chi connectivity index (χ0) is 15.4. The van der Waals surface area contributed by atoms with Crippen LogP contribution in [0.2, 0.25) is 0 Å². The van der Waals surface area contributed by atoms with Crippen LogP contribution in [0.1, 0.15) is 32.3 Å². The van der Waals surface area contributed by atoms with Crippen LogP contribution in [-0.4, -0.2) is 29.8 Å². The molecule has 1 aliphatic heterocycles. The molecule has 0 radical (unpaired) electrons. The van der Waals surface area contributed by atoms with Crippen molar-refractivity contribution in [2.24, 2.45) is 11.8 Å². The Morgan fingerprint density at radius 3 is 2.62 bits per heavy atom. The minimum Gasteiger partial charge on any atom is -0.342 e. The summed E-state index contributed by atoms with van der Waals surface area (Å²) in [5.74, 6) is 0.378. The Balaban J connectivity index is 1.89. The van der Waals surface area contributed by atoms with Gasteiger partial charge >= 0.3 is 0 Å². The van der Waals surface area contributed by atoms with Gasteiger partial charge in [-0.05, 0) is 31.4 Å². The number of likely N-dealkylation sites (tertiary alicyclic amines) is 1. The summed E-state index contributed by atoms with van der Waals surface area (Å²) < 4.78 is 0. The van der Waals surface area contributed by atoms with E-state index in [-0.39, 0.29) is 17.7 Å². The summed E-state index contributed by atoms with van der Waals surface area (Å²) in [4.78, 5) is 26.0. The lowest BCUT2D eigenvalue weighted by Crippen LogP contribution is -2.29. The monoisotopic (exact) mass is 288 g/mol. The molecule has 1 aromatic rings. The number of carbonyl (C=O) groups excluding carboxylic acids is 2. The van der Waals surface area contributed by atoms with Crippen LogP contribution in [0.25, 0.3) is 0 Å². The average Bonchev–Trinajstić information content (AvgIpc) is 2.80. The molecular weight excluding hydrogens is 264 g/mol. The Labute approximate surface area is 126 Å². The lowest BCUT2D eigenvalue weighted by atomic mass is 10.1. The molecule has 0 aliphatic carbocycles. The first-order valence-corrected chi connectivity index (χ1v) is 7.61. The van der Waals surface area contributed by atoms with E-state index in [2.05, 4.69) is 19.2 Å². The molecule has 0 bridgehead atoms. The summed E-state index contributed by atoms with van der Waals surface area (Å²) in [7, 11) is 0. The minimum absolute atomic E-state index is 0.0562. The van der Waals surface area contributed by atoms with E-state index in [1.807, 2.05) is 36.1 Å². The number of carbonyl (C=O) groups is 2. The molecular formula is C17H24N2O2. The van der Waals surface area contributed by atoms with Crippen LogP contribution in [0.5, 0.6) is 0 Å². The first-order chi connectivity index (χ1) is 9.95. The van der Waals surface area contributed by atoms with Gasteiger partial charge in [0.15, 0.2) is 0 Å². The van der Waals surface area contributed by atoms with E-state index in [1.165, 1.54) is 0 Å². The van der Waals surface area contributed by atoms with E-state index in [1.54, 1.807) is 0 Å². The predicted molar refractivity (Wildman–Crippen MR) is 84.0 cm³/mol. The van der Waals surface area contributed by atoms with Crippen molar-refractivity contribution in [3.63, 3.8) is 0 Å². The molecule has 1 heterocycles. The van der Waals surface area contributed by atoms with E-state index in [9.17, 15) is 9.59 Å². The van der Waals surface area contributed by atoms with Crippen LogP contribution in [0.3, 0.4) is 0 Å². The summed E-state index contributed by atoms with van der Waals surface area (Å²) in [6, 6.07) is 7.70. The molecule has 1 fully saturated rings. The molecule has 1 aromatic carbocycles. The first kappa shape index (κ1) is 15.5. The Morgan fingerprint density at radius 1 is 1.33 bits per heavy atom. The van der Waals surface area contributed by atoms with Crippen molar-refractivity contribution in [3.8, 4) is 0 Å². The zero-order valence-electron chi connectivity index (χ0n) is 13.1. The summed E-state index contributed by atoms with van der Waals surface area (Å²) in [5, 5.41) is 2.90. The standard InChI is InChI=1S/C17H24N2O2/c1-12(2)8-9-19-11-14(10-16(19)20)17(21)18-15-6-4-13(3)5-7-15/h4-7,12,14H,8-11H2,1-3H3,(H,18,21).